The molecule has 0 fully saturated rings. The number of hydrogen-bond acceptors (Lipinski definition) is 3. The van der Waals surface area contributed by atoms with Crippen LogP contribution in [0.5, 0.6) is 0 Å². The molecule has 0 aliphatic rings. The van der Waals surface area contributed by atoms with E-state index in [0.29, 0.717) is 6.54 Å². The van der Waals surface area contributed by atoms with Crippen molar-refractivity contribution in [2.75, 3.05) is 6.54 Å². The van der Waals surface area contributed by atoms with Gasteiger partial charge in [-0.1, -0.05) is 30.3 Å². The smallest absolute Gasteiger partial charge is 0.241 e. The third-order valence-corrected chi connectivity index (χ3v) is 4.96. The minimum Gasteiger partial charge on any atom is -0.354 e. The highest BCUT2D eigenvalue weighted by atomic mass is 16.2. The number of nitrogens with one attached hydrogen (secondary N) is 1. The quantitative estimate of drug-likeness (QED) is 0.493. The molecule has 1 N–H and O–H groups in total. The molecule has 0 aliphatic carbocycles. The van der Waals surface area contributed by atoms with E-state index < -0.39 is 0 Å². The number of aromatic nitrogens is 4. The van der Waals surface area contributed by atoms with Gasteiger partial charge in [-0.05, 0) is 56.0 Å². The summed E-state index contributed by atoms with van der Waals surface area (Å²) in [6.45, 7) is 4.81. The van der Waals surface area contributed by atoms with Gasteiger partial charge < -0.3 is 9.88 Å². The average molecular weight is 387 g/mol. The second kappa shape index (κ2) is 8.31. The van der Waals surface area contributed by atoms with Gasteiger partial charge in [0.15, 0.2) is 11.5 Å². The molecular formula is C23H25N5O. The van der Waals surface area contributed by atoms with Gasteiger partial charge >= 0.3 is 0 Å². The summed E-state index contributed by atoms with van der Waals surface area (Å²) in [5, 5.41) is 8.69. The van der Waals surface area contributed by atoms with E-state index in [1.165, 1.54) is 5.56 Å². The van der Waals surface area contributed by atoms with Crippen molar-refractivity contribution < 1.29 is 4.79 Å². The Morgan fingerprint density at radius 2 is 1.83 bits per heavy atom. The lowest BCUT2D eigenvalue weighted by atomic mass is 10.1. The van der Waals surface area contributed by atoms with Crippen LogP contribution in [-0.4, -0.2) is 31.8 Å². The zero-order valence-corrected chi connectivity index (χ0v) is 16.8. The van der Waals surface area contributed by atoms with E-state index in [2.05, 4.69) is 29.4 Å². The maximum Gasteiger partial charge on any atom is 0.241 e. The average Bonchev–Trinajstić information content (AvgIpc) is 3.35. The van der Waals surface area contributed by atoms with Crippen molar-refractivity contribution in [3.8, 4) is 5.82 Å². The lowest BCUT2D eigenvalue weighted by Crippen LogP contribution is -2.29. The Bertz CT molecular complexity index is 1110. The number of pyridine rings is 1. The fraction of sp³-hybridized carbons (Fsp3) is 0.261. The standard InChI is InChI=1S/C23H25N5O/c1-17-15-18(2)25-22-21(17)23(27-13-6-7-14-27)26-28(22)16-20(29)24-12-8-11-19-9-4-3-5-10-19/h3-7,9-10,13-15H,8,11-12,16H2,1-2H3,(H,24,29). The first-order valence-corrected chi connectivity index (χ1v) is 9.90. The van der Waals surface area contributed by atoms with Crippen LogP contribution in [0, 0.1) is 13.8 Å². The SMILES string of the molecule is Cc1cc(C)c2c(-n3cccc3)nn(CC(=O)NCCCc3ccccc3)c2n1. The van der Waals surface area contributed by atoms with E-state index in [1.54, 1.807) is 4.68 Å². The van der Waals surface area contributed by atoms with E-state index >= 15 is 0 Å². The molecule has 1 aromatic carbocycles. The van der Waals surface area contributed by atoms with E-state index in [9.17, 15) is 4.79 Å². The molecule has 0 spiro atoms. The van der Waals surface area contributed by atoms with Crippen LogP contribution in [0.3, 0.4) is 0 Å². The van der Waals surface area contributed by atoms with E-state index in [-0.39, 0.29) is 12.5 Å². The Morgan fingerprint density at radius 1 is 1.07 bits per heavy atom. The number of carbonyl (C=O) groups excluding carboxylic acids is 1. The van der Waals surface area contributed by atoms with Gasteiger partial charge in [-0.3, -0.25) is 4.79 Å². The number of amides is 1. The number of benzene rings is 1. The van der Waals surface area contributed by atoms with Gasteiger partial charge in [0.1, 0.15) is 6.54 Å². The molecule has 4 rings (SSSR count). The largest absolute Gasteiger partial charge is 0.354 e. The van der Waals surface area contributed by atoms with Crippen molar-refractivity contribution in [3.05, 3.63) is 77.7 Å². The second-order valence-corrected chi connectivity index (χ2v) is 7.29. The summed E-state index contributed by atoms with van der Waals surface area (Å²) in [7, 11) is 0. The number of nitrogens with zero attached hydrogens (tertiary/aromatic N) is 4. The van der Waals surface area contributed by atoms with Crippen molar-refractivity contribution in [1.29, 1.82) is 0 Å². The van der Waals surface area contributed by atoms with Crippen molar-refractivity contribution >= 4 is 16.9 Å². The van der Waals surface area contributed by atoms with Crippen LogP contribution in [0.15, 0.2) is 60.9 Å². The minimum atomic E-state index is -0.0533. The second-order valence-electron chi connectivity index (χ2n) is 7.29. The molecule has 4 aromatic rings. The van der Waals surface area contributed by atoms with E-state index in [4.69, 9.17) is 5.10 Å². The topological polar surface area (TPSA) is 64.7 Å². The molecule has 0 aliphatic heterocycles. The first-order valence-electron chi connectivity index (χ1n) is 9.90. The summed E-state index contributed by atoms with van der Waals surface area (Å²) in [5.74, 6) is 0.745. The Balaban J connectivity index is 1.48. The van der Waals surface area contributed by atoms with E-state index in [1.807, 2.05) is 60.3 Å². The van der Waals surface area contributed by atoms with Crippen LogP contribution < -0.4 is 5.32 Å². The number of rotatable bonds is 7. The molecular weight excluding hydrogens is 362 g/mol. The maximum absolute atomic E-state index is 12.5. The van der Waals surface area contributed by atoms with Crippen LogP contribution in [0.4, 0.5) is 0 Å². The lowest BCUT2D eigenvalue weighted by molar-refractivity contribution is -0.121. The monoisotopic (exact) mass is 387 g/mol. The Hall–Kier alpha value is -3.41. The fourth-order valence-electron chi connectivity index (χ4n) is 3.62. The van der Waals surface area contributed by atoms with Gasteiger partial charge in [-0.2, -0.15) is 5.10 Å². The Kier molecular flexibility index (Phi) is 5.42. The highest BCUT2D eigenvalue weighted by Gasteiger charge is 2.17. The van der Waals surface area contributed by atoms with Gasteiger partial charge in [-0.25, -0.2) is 9.67 Å². The molecule has 29 heavy (non-hydrogen) atoms. The molecule has 6 heteroatoms. The zero-order chi connectivity index (χ0) is 20.2. The first-order chi connectivity index (χ1) is 14.1. The predicted molar refractivity (Wildman–Crippen MR) is 114 cm³/mol. The Morgan fingerprint density at radius 3 is 2.59 bits per heavy atom. The molecule has 0 bridgehead atoms. The first kappa shape index (κ1) is 18.9. The summed E-state index contributed by atoms with van der Waals surface area (Å²) in [6.07, 6.45) is 5.76. The minimum absolute atomic E-state index is 0.0533. The van der Waals surface area contributed by atoms with Gasteiger partial charge in [0.05, 0.1) is 5.39 Å². The number of fused-ring (bicyclic) bond motifs is 1. The molecule has 0 unspecified atom stereocenters. The summed E-state index contributed by atoms with van der Waals surface area (Å²) < 4.78 is 3.66. The highest BCUT2D eigenvalue weighted by molar-refractivity contribution is 5.88. The van der Waals surface area contributed by atoms with Crippen LogP contribution in [0.2, 0.25) is 0 Å². The molecule has 3 heterocycles. The molecule has 1 amide bonds. The van der Waals surface area contributed by atoms with E-state index in [0.717, 1.165) is 41.0 Å². The summed E-state index contributed by atoms with van der Waals surface area (Å²) >= 11 is 0. The third kappa shape index (κ3) is 4.21. The van der Waals surface area contributed by atoms with Crippen LogP contribution in [-0.2, 0) is 17.8 Å². The van der Waals surface area contributed by atoms with Crippen LogP contribution >= 0.6 is 0 Å². The molecule has 0 saturated heterocycles. The normalized spacial score (nSPS) is 11.1. The van der Waals surface area contributed by atoms with Gasteiger partial charge in [-0.15, -0.1) is 0 Å². The van der Waals surface area contributed by atoms with Crippen molar-refractivity contribution in [1.82, 2.24) is 24.6 Å². The van der Waals surface area contributed by atoms with Gasteiger partial charge in [0.25, 0.3) is 0 Å². The van der Waals surface area contributed by atoms with Crippen LogP contribution in [0.1, 0.15) is 23.2 Å². The summed E-state index contributed by atoms with van der Waals surface area (Å²) in [5.41, 5.74) is 4.04. The summed E-state index contributed by atoms with van der Waals surface area (Å²) in [4.78, 5) is 17.2. The molecule has 0 atom stereocenters. The van der Waals surface area contributed by atoms with Gasteiger partial charge in [0.2, 0.25) is 5.91 Å². The number of carbonyl (C=O) groups is 1. The summed E-state index contributed by atoms with van der Waals surface area (Å²) in [6, 6.07) is 16.3. The number of aryl methyl sites for hydroxylation is 3. The maximum atomic E-state index is 12.5. The molecule has 0 radical (unpaired) electrons. The third-order valence-electron chi connectivity index (χ3n) is 4.96. The number of hydrogen-bond donors (Lipinski definition) is 1. The fourth-order valence-corrected chi connectivity index (χ4v) is 3.62. The molecule has 148 valence electrons. The predicted octanol–water partition coefficient (Wildman–Crippen LogP) is 3.59. The zero-order valence-electron chi connectivity index (χ0n) is 16.8. The van der Waals surface area contributed by atoms with Crippen LogP contribution in [0.25, 0.3) is 16.9 Å². The van der Waals surface area contributed by atoms with Crippen molar-refractivity contribution in [3.63, 3.8) is 0 Å². The van der Waals surface area contributed by atoms with Crippen molar-refractivity contribution in [2.45, 2.75) is 33.2 Å². The molecule has 6 nitrogen and oxygen atoms in total. The van der Waals surface area contributed by atoms with Crippen molar-refractivity contribution in [2.24, 2.45) is 0 Å². The lowest BCUT2D eigenvalue weighted by Gasteiger charge is -2.07. The Labute approximate surface area is 170 Å². The molecule has 0 saturated carbocycles. The van der Waals surface area contributed by atoms with Gasteiger partial charge in [0, 0.05) is 24.6 Å². The molecule has 3 aromatic heterocycles. The highest BCUT2D eigenvalue weighted by Crippen LogP contribution is 2.25.